The Morgan fingerprint density at radius 1 is 0.821 bits per heavy atom. The summed E-state index contributed by atoms with van der Waals surface area (Å²) in [5.74, 6) is -1.31. The number of hydrogen-bond donors (Lipinski definition) is 0. The zero-order valence-electron chi connectivity index (χ0n) is 14.2. The molecular formula is C21H11BrNO5-. The normalized spacial score (nSPS) is 12.8. The predicted octanol–water partition coefficient (Wildman–Crippen LogP) is 3.41. The van der Waals surface area contributed by atoms with E-state index in [1.165, 1.54) is 12.1 Å². The molecular weight excluding hydrogens is 426 g/mol. The van der Waals surface area contributed by atoms with E-state index in [2.05, 4.69) is 15.9 Å². The molecule has 0 aromatic heterocycles. The molecule has 2 amide bonds. The zero-order valence-corrected chi connectivity index (χ0v) is 15.8. The van der Waals surface area contributed by atoms with E-state index < -0.39 is 17.8 Å². The van der Waals surface area contributed by atoms with Crippen LogP contribution in [0.1, 0.15) is 31.1 Å². The molecule has 1 heterocycles. The van der Waals surface area contributed by atoms with E-state index in [1.807, 2.05) is 12.1 Å². The van der Waals surface area contributed by atoms with Gasteiger partial charge in [-0.1, -0.05) is 22.0 Å². The van der Waals surface area contributed by atoms with Gasteiger partial charge in [0.05, 0.1) is 22.8 Å². The lowest BCUT2D eigenvalue weighted by Gasteiger charge is -2.14. The molecule has 0 radical (unpaired) electrons. The zero-order chi connectivity index (χ0) is 19.8. The van der Waals surface area contributed by atoms with Crippen molar-refractivity contribution in [2.24, 2.45) is 0 Å². The van der Waals surface area contributed by atoms with Crippen LogP contribution >= 0.6 is 15.9 Å². The number of halogens is 1. The Bertz CT molecular complexity index is 1110. The molecule has 1 aliphatic heterocycles. The third-order valence-corrected chi connectivity index (χ3v) is 4.80. The van der Waals surface area contributed by atoms with Crippen LogP contribution in [0.3, 0.4) is 0 Å². The van der Waals surface area contributed by atoms with Crippen molar-refractivity contribution in [3.8, 4) is 11.5 Å². The molecule has 0 aliphatic carbocycles. The van der Waals surface area contributed by atoms with Gasteiger partial charge >= 0.3 is 0 Å². The molecule has 138 valence electrons. The summed E-state index contributed by atoms with van der Waals surface area (Å²) in [6.45, 7) is 0. The molecule has 4 rings (SSSR count). The first kappa shape index (κ1) is 17.9. The summed E-state index contributed by atoms with van der Waals surface area (Å²) in [5.41, 5.74) is 0.413. The quantitative estimate of drug-likeness (QED) is 0.584. The monoisotopic (exact) mass is 436 g/mol. The standard InChI is InChI=1S/C21H12BrNO5/c22-13-2-6-15(7-3-13)28-16-8-4-14(5-9-16)23-19(24)17-10-1-12(21(26)27)11-18(17)20(23)25/h1-11H,(H,26,27)/p-1. The largest absolute Gasteiger partial charge is 0.545 e. The van der Waals surface area contributed by atoms with E-state index in [9.17, 15) is 19.5 Å². The fraction of sp³-hybridized carbons (Fsp3) is 0. The van der Waals surface area contributed by atoms with Gasteiger partial charge in [-0.2, -0.15) is 0 Å². The molecule has 0 fully saturated rings. The number of nitrogens with zero attached hydrogens (tertiary/aromatic N) is 1. The Balaban J connectivity index is 1.59. The van der Waals surface area contributed by atoms with Crippen molar-refractivity contribution in [2.75, 3.05) is 4.90 Å². The van der Waals surface area contributed by atoms with Crippen LogP contribution in [0, 0.1) is 0 Å². The first-order valence-electron chi connectivity index (χ1n) is 8.22. The Kier molecular flexibility index (Phi) is 4.44. The van der Waals surface area contributed by atoms with Crippen LogP contribution in [0.2, 0.25) is 0 Å². The van der Waals surface area contributed by atoms with Crippen molar-refractivity contribution in [2.45, 2.75) is 0 Å². The third kappa shape index (κ3) is 3.16. The van der Waals surface area contributed by atoms with Gasteiger partial charge in [0.25, 0.3) is 11.8 Å². The summed E-state index contributed by atoms with van der Waals surface area (Å²) in [4.78, 5) is 37.3. The van der Waals surface area contributed by atoms with Crippen molar-refractivity contribution in [3.05, 3.63) is 87.9 Å². The molecule has 1 aliphatic rings. The van der Waals surface area contributed by atoms with E-state index in [0.29, 0.717) is 17.2 Å². The van der Waals surface area contributed by atoms with E-state index in [-0.39, 0.29) is 16.7 Å². The molecule has 0 bridgehead atoms. The van der Waals surface area contributed by atoms with E-state index in [0.717, 1.165) is 15.4 Å². The van der Waals surface area contributed by atoms with Crippen LogP contribution in [0.4, 0.5) is 5.69 Å². The number of benzene rings is 3. The maximum absolute atomic E-state index is 12.6. The summed E-state index contributed by atoms with van der Waals surface area (Å²) in [6.07, 6.45) is 0. The van der Waals surface area contributed by atoms with Gasteiger partial charge in [0.15, 0.2) is 0 Å². The average Bonchev–Trinajstić information content (AvgIpc) is 2.94. The van der Waals surface area contributed by atoms with Crippen molar-refractivity contribution in [3.63, 3.8) is 0 Å². The second kappa shape index (κ2) is 6.94. The van der Waals surface area contributed by atoms with Crippen molar-refractivity contribution in [1.82, 2.24) is 0 Å². The van der Waals surface area contributed by atoms with Gasteiger partial charge < -0.3 is 14.6 Å². The summed E-state index contributed by atoms with van der Waals surface area (Å²) < 4.78 is 6.66. The number of hydrogen-bond acceptors (Lipinski definition) is 5. The van der Waals surface area contributed by atoms with Crippen LogP contribution in [0.5, 0.6) is 11.5 Å². The summed E-state index contributed by atoms with van der Waals surface area (Å²) in [5, 5.41) is 11.0. The van der Waals surface area contributed by atoms with Gasteiger partial charge in [-0.25, -0.2) is 4.90 Å². The number of aromatic carboxylic acids is 1. The number of amides is 2. The van der Waals surface area contributed by atoms with Gasteiger partial charge in [0, 0.05) is 4.47 Å². The summed E-state index contributed by atoms with van der Waals surface area (Å²) in [6, 6.07) is 17.5. The lowest BCUT2D eigenvalue weighted by Crippen LogP contribution is -2.29. The van der Waals surface area contributed by atoms with Crippen molar-refractivity contribution in [1.29, 1.82) is 0 Å². The van der Waals surface area contributed by atoms with Gasteiger partial charge in [0.1, 0.15) is 11.5 Å². The Morgan fingerprint density at radius 3 is 2.00 bits per heavy atom. The van der Waals surface area contributed by atoms with E-state index >= 15 is 0 Å². The third-order valence-electron chi connectivity index (χ3n) is 4.27. The minimum atomic E-state index is -1.41. The van der Waals surface area contributed by atoms with Crippen LogP contribution in [-0.2, 0) is 0 Å². The lowest BCUT2D eigenvalue weighted by atomic mass is 10.1. The van der Waals surface area contributed by atoms with Gasteiger partial charge in [0.2, 0.25) is 0 Å². The minimum Gasteiger partial charge on any atom is -0.545 e. The Hall–Kier alpha value is -3.45. The fourth-order valence-corrected chi connectivity index (χ4v) is 3.17. The molecule has 0 saturated carbocycles. The lowest BCUT2D eigenvalue weighted by molar-refractivity contribution is -0.255. The van der Waals surface area contributed by atoms with Crippen LogP contribution in [-0.4, -0.2) is 17.8 Å². The minimum absolute atomic E-state index is 0.0434. The van der Waals surface area contributed by atoms with E-state index in [4.69, 9.17) is 4.74 Å². The second-order valence-electron chi connectivity index (χ2n) is 6.04. The van der Waals surface area contributed by atoms with Gasteiger partial charge in [-0.3, -0.25) is 9.59 Å². The van der Waals surface area contributed by atoms with Crippen LogP contribution in [0.25, 0.3) is 0 Å². The van der Waals surface area contributed by atoms with Gasteiger partial charge in [-0.05, 0) is 66.2 Å². The Labute approximate surface area is 168 Å². The fourth-order valence-electron chi connectivity index (χ4n) is 2.90. The number of fused-ring (bicyclic) bond motifs is 1. The number of carboxylic acids is 1. The molecule has 28 heavy (non-hydrogen) atoms. The molecule has 0 saturated heterocycles. The van der Waals surface area contributed by atoms with Gasteiger partial charge in [-0.15, -0.1) is 0 Å². The topological polar surface area (TPSA) is 86.7 Å². The number of carbonyl (C=O) groups is 3. The summed E-state index contributed by atoms with van der Waals surface area (Å²) >= 11 is 3.35. The van der Waals surface area contributed by atoms with Crippen molar-refractivity contribution < 1.29 is 24.2 Å². The smallest absolute Gasteiger partial charge is 0.266 e. The molecule has 6 nitrogen and oxygen atoms in total. The molecule has 3 aromatic rings. The highest BCUT2D eigenvalue weighted by molar-refractivity contribution is 9.10. The first-order chi connectivity index (χ1) is 13.4. The molecule has 0 atom stereocenters. The number of carbonyl (C=O) groups excluding carboxylic acids is 3. The highest BCUT2D eigenvalue weighted by atomic mass is 79.9. The van der Waals surface area contributed by atoms with Crippen LogP contribution in [0.15, 0.2) is 71.2 Å². The van der Waals surface area contributed by atoms with E-state index in [1.54, 1.807) is 36.4 Å². The maximum Gasteiger partial charge on any atom is 0.266 e. The Morgan fingerprint density at radius 2 is 1.39 bits per heavy atom. The number of ether oxygens (including phenoxy) is 1. The summed E-state index contributed by atoms with van der Waals surface area (Å²) in [7, 11) is 0. The molecule has 0 N–H and O–H groups in total. The number of imide groups is 1. The molecule has 0 spiro atoms. The first-order valence-corrected chi connectivity index (χ1v) is 9.01. The van der Waals surface area contributed by atoms with Crippen LogP contribution < -0.4 is 14.7 Å². The molecule has 0 unspecified atom stereocenters. The average molecular weight is 437 g/mol. The number of anilines is 1. The predicted molar refractivity (Wildman–Crippen MR) is 103 cm³/mol. The molecule has 3 aromatic carbocycles. The number of carboxylic acid groups (broad SMARTS) is 1. The number of rotatable bonds is 4. The van der Waals surface area contributed by atoms with Crippen molar-refractivity contribution >= 4 is 39.4 Å². The SMILES string of the molecule is O=C([O-])c1ccc2c(c1)C(=O)N(c1ccc(Oc3ccc(Br)cc3)cc1)C2=O. The molecule has 7 heteroatoms. The maximum atomic E-state index is 12.6. The highest BCUT2D eigenvalue weighted by Crippen LogP contribution is 2.31. The highest BCUT2D eigenvalue weighted by Gasteiger charge is 2.36. The second-order valence-corrected chi connectivity index (χ2v) is 6.96.